The molecule has 0 aliphatic carbocycles. The maximum Gasteiger partial charge on any atom is 0.123 e. The summed E-state index contributed by atoms with van der Waals surface area (Å²) in [7, 11) is 2.09. The van der Waals surface area contributed by atoms with E-state index in [0.717, 1.165) is 31.6 Å². The van der Waals surface area contributed by atoms with Gasteiger partial charge in [-0.1, -0.05) is 26.0 Å². The molecule has 0 aliphatic rings. The van der Waals surface area contributed by atoms with Crippen molar-refractivity contribution in [3.05, 3.63) is 35.6 Å². The Hall–Kier alpha value is -0.930. The number of nitrogens with zero attached hydrogens (tertiary/aromatic N) is 1. The van der Waals surface area contributed by atoms with Gasteiger partial charge in [0.05, 0.1) is 0 Å². The Balaban J connectivity index is 2.44. The van der Waals surface area contributed by atoms with Crippen LogP contribution in [0.1, 0.15) is 25.8 Å². The third kappa shape index (κ3) is 5.61. The second-order valence-corrected chi connectivity index (χ2v) is 5.55. The number of hydrogen-bond acceptors (Lipinski definition) is 2. The van der Waals surface area contributed by atoms with Crippen LogP contribution in [-0.4, -0.2) is 25.0 Å². The standard InChI is InChI=1S/C15H25FN2/c1-12(2)8-14(9-17)11-18(3)10-13-4-6-15(16)7-5-13/h4-7,12,14H,8-11,17H2,1-3H3. The normalized spacial score (nSPS) is 13.3. The van der Waals surface area contributed by atoms with E-state index in [1.54, 1.807) is 0 Å². The molecule has 0 aliphatic heterocycles. The SMILES string of the molecule is CC(C)CC(CN)CN(C)Cc1ccc(F)cc1. The Morgan fingerprint density at radius 1 is 1.22 bits per heavy atom. The van der Waals surface area contributed by atoms with Crippen molar-refractivity contribution < 1.29 is 4.39 Å². The first-order valence-corrected chi connectivity index (χ1v) is 6.64. The van der Waals surface area contributed by atoms with E-state index >= 15 is 0 Å². The van der Waals surface area contributed by atoms with E-state index in [9.17, 15) is 4.39 Å². The lowest BCUT2D eigenvalue weighted by molar-refractivity contribution is 0.250. The minimum absolute atomic E-state index is 0.180. The summed E-state index contributed by atoms with van der Waals surface area (Å²) < 4.78 is 12.8. The number of nitrogens with two attached hydrogens (primary N) is 1. The van der Waals surface area contributed by atoms with E-state index in [0.29, 0.717) is 11.8 Å². The summed E-state index contributed by atoms with van der Waals surface area (Å²) in [6.45, 7) is 7.01. The molecule has 0 bridgehead atoms. The van der Waals surface area contributed by atoms with Crippen LogP contribution in [0.25, 0.3) is 0 Å². The van der Waals surface area contributed by atoms with Crippen molar-refractivity contribution in [3.8, 4) is 0 Å². The quantitative estimate of drug-likeness (QED) is 0.808. The zero-order valence-corrected chi connectivity index (χ0v) is 11.7. The summed E-state index contributed by atoms with van der Waals surface area (Å²) >= 11 is 0. The third-order valence-electron chi connectivity index (χ3n) is 3.07. The summed E-state index contributed by atoms with van der Waals surface area (Å²) in [6, 6.07) is 6.70. The van der Waals surface area contributed by atoms with Gasteiger partial charge >= 0.3 is 0 Å². The molecule has 1 aromatic carbocycles. The maximum absolute atomic E-state index is 12.8. The fraction of sp³-hybridized carbons (Fsp3) is 0.600. The molecule has 2 N–H and O–H groups in total. The molecule has 1 aromatic rings. The van der Waals surface area contributed by atoms with Crippen LogP contribution in [0.4, 0.5) is 4.39 Å². The molecule has 0 spiro atoms. The molecular weight excluding hydrogens is 227 g/mol. The molecule has 0 saturated heterocycles. The van der Waals surface area contributed by atoms with Crippen LogP contribution in [0.2, 0.25) is 0 Å². The molecule has 1 atom stereocenters. The summed E-state index contributed by atoms with van der Waals surface area (Å²) in [4.78, 5) is 2.26. The highest BCUT2D eigenvalue weighted by Crippen LogP contribution is 2.13. The average Bonchev–Trinajstić information content (AvgIpc) is 2.30. The smallest absolute Gasteiger partial charge is 0.123 e. The maximum atomic E-state index is 12.8. The zero-order chi connectivity index (χ0) is 13.5. The van der Waals surface area contributed by atoms with Crippen LogP contribution in [-0.2, 0) is 6.54 Å². The van der Waals surface area contributed by atoms with Gasteiger partial charge < -0.3 is 10.6 Å². The predicted molar refractivity (Wildman–Crippen MR) is 74.7 cm³/mol. The van der Waals surface area contributed by atoms with Crippen LogP contribution in [0.15, 0.2) is 24.3 Å². The molecule has 18 heavy (non-hydrogen) atoms. The Morgan fingerprint density at radius 2 is 1.83 bits per heavy atom. The minimum Gasteiger partial charge on any atom is -0.330 e. The van der Waals surface area contributed by atoms with Crippen molar-refractivity contribution >= 4 is 0 Å². The average molecular weight is 252 g/mol. The van der Waals surface area contributed by atoms with Crippen LogP contribution in [0.5, 0.6) is 0 Å². The third-order valence-corrected chi connectivity index (χ3v) is 3.07. The first-order valence-electron chi connectivity index (χ1n) is 6.64. The van der Waals surface area contributed by atoms with Crippen molar-refractivity contribution in [2.45, 2.75) is 26.8 Å². The summed E-state index contributed by atoms with van der Waals surface area (Å²) in [5.41, 5.74) is 6.94. The molecule has 0 aromatic heterocycles. The number of halogens is 1. The minimum atomic E-state index is -0.180. The van der Waals surface area contributed by atoms with Crippen LogP contribution < -0.4 is 5.73 Å². The zero-order valence-electron chi connectivity index (χ0n) is 11.7. The number of hydrogen-bond donors (Lipinski definition) is 1. The van der Waals surface area contributed by atoms with E-state index in [-0.39, 0.29) is 5.82 Å². The van der Waals surface area contributed by atoms with Crippen LogP contribution in [0.3, 0.4) is 0 Å². The van der Waals surface area contributed by atoms with E-state index in [1.165, 1.54) is 12.1 Å². The predicted octanol–water partition coefficient (Wildman–Crippen LogP) is 2.88. The lowest BCUT2D eigenvalue weighted by Gasteiger charge is -2.24. The summed E-state index contributed by atoms with van der Waals surface area (Å²) in [6.07, 6.45) is 1.16. The van der Waals surface area contributed by atoms with Gasteiger partial charge in [-0.25, -0.2) is 4.39 Å². The topological polar surface area (TPSA) is 29.3 Å². The molecule has 0 fully saturated rings. The van der Waals surface area contributed by atoms with Gasteiger partial charge in [-0.15, -0.1) is 0 Å². The molecule has 1 rings (SSSR count). The second-order valence-electron chi connectivity index (χ2n) is 5.55. The number of benzene rings is 1. The van der Waals surface area contributed by atoms with Gasteiger partial charge in [0, 0.05) is 13.1 Å². The molecular formula is C15H25FN2. The summed E-state index contributed by atoms with van der Waals surface area (Å²) in [5, 5.41) is 0. The van der Waals surface area contributed by atoms with E-state index in [4.69, 9.17) is 5.73 Å². The molecule has 0 radical (unpaired) electrons. The van der Waals surface area contributed by atoms with Crippen LogP contribution in [0, 0.1) is 17.7 Å². The van der Waals surface area contributed by atoms with E-state index in [2.05, 4.69) is 25.8 Å². The van der Waals surface area contributed by atoms with E-state index < -0.39 is 0 Å². The van der Waals surface area contributed by atoms with Crippen molar-refractivity contribution in [3.63, 3.8) is 0 Å². The fourth-order valence-corrected chi connectivity index (χ4v) is 2.32. The Labute approximate surface area is 110 Å². The van der Waals surface area contributed by atoms with Gasteiger partial charge in [0.2, 0.25) is 0 Å². The molecule has 0 amide bonds. The highest BCUT2D eigenvalue weighted by Gasteiger charge is 2.12. The highest BCUT2D eigenvalue weighted by atomic mass is 19.1. The molecule has 0 saturated carbocycles. The molecule has 1 unspecified atom stereocenters. The first kappa shape index (κ1) is 15.1. The molecule has 0 heterocycles. The Morgan fingerprint density at radius 3 is 2.33 bits per heavy atom. The summed E-state index contributed by atoms with van der Waals surface area (Å²) in [5.74, 6) is 1.04. The lowest BCUT2D eigenvalue weighted by Crippen LogP contribution is -2.30. The lowest BCUT2D eigenvalue weighted by atomic mass is 9.96. The largest absolute Gasteiger partial charge is 0.330 e. The monoisotopic (exact) mass is 252 g/mol. The van der Waals surface area contributed by atoms with Gasteiger partial charge in [-0.05, 0) is 49.5 Å². The molecule has 102 valence electrons. The highest BCUT2D eigenvalue weighted by molar-refractivity contribution is 5.15. The second kappa shape index (κ2) is 7.49. The molecule has 3 heteroatoms. The van der Waals surface area contributed by atoms with Crippen molar-refractivity contribution in [2.24, 2.45) is 17.6 Å². The Bertz CT molecular complexity index is 335. The van der Waals surface area contributed by atoms with Gasteiger partial charge in [0.25, 0.3) is 0 Å². The fourth-order valence-electron chi connectivity index (χ4n) is 2.32. The first-order chi connectivity index (χ1) is 8.51. The van der Waals surface area contributed by atoms with Gasteiger partial charge in [0.15, 0.2) is 0 Å². The van der Waals surface area contributed by atoms with E-state index in [1.807, 2.05) is 12.1 Å². The van der Waals surface area contributed by atoms with Gasteiger partial charge in [0.1, 0.15) is 5.82 Å². The molecule has 2 nitrogen and oxygen atoms in total. The van der Waals surface area contributed by atoms with Crippen molar-refractivity contribution in [1.29, 1.82) is 0 Å². The van der Waals surface area contributed by atoms with Gasteiger partial charge in [-0.3, -0.25) is 0 Å². The van der Waals surface area contributed by atoms with Crippen LogP contribution >= 0.6 is 0 Å². The van der Waals surface area contributed by atoms with Crippen molar-refractivity contribution in [2.75, 3.05) is 20.1 Å². The van der Waals surface area contributed by atoms with Gasteiger partial charge in [-0.2, -0.15) is 0 Å². The number of rotatable bonds is 7. The van der Waals surface area contributed by atoms with Crippen molar-refractivity contribution in [1.82, 2.24) is 4.90 Å². The Kier molecular flexibility index (Phi) is 6.30.